The van der Waals surface area contributed by atoms with Crippen molar-refractivity contribution in [3.05, 3.63) is 69.8 Å². The molecule has 0 spiro atoms. The van der Waals surface area contributed by atoms with Crippen LogP contribution in [0.1, 0.15) is 68.3 Å². The van der Waals surface area contributed by atoms with Crippen LogP contribution < -0.4 is 4.90 Å². The molecule has 0 radical (unpaired) electrons. The quantitative estimate of drug-likeness (QED) is 0.312. The Morgan fingerprint density at radius 2 is 1.76 bits per heavy atom. The summed E-state index contributed by atoms with van der Waals surface area (Å²) in [5, 5.41) is 11.9. The van der Waals surface area contributed by atoms with Crippen LogP contribution in [-0.4, -0.2) is 23.3 Å². The molecule has 29 heavy (non-hydrogen) atoms. The number of hydrogen-bond donors (Lipinski definition) is 0. The van der Waals surface area contributed by atoms with Crippen LogP contribution in [0.25, 0.3) is 0 Å². The number of nitro benzene ring substituents is 1. The summed E-state index contributed by atoms with van der Waals surface area (Å²) in [6, 6.07) is 14.2. The first kappa shape index (κ1) is 21.0. The molecule has 0 N–H and O–H groups in total. The third-order valence-electron chi connectivity index (χ3n) is 5.74. The lowest BCUT2D eigenvalue weighted by Crippen LogP contribution is -2.38. The van der Waals surface area contributed by atoms with E-state index < -0.39 is 0 Å². The monoisotopic (exact) mass is 394 g/mol. The van der Waals surface area contributed by atoms with Gasteiger partial charge in [-0.15, -0.1) is 0 Å². The smallest absolute Gasteiger partial charge is 0.293 e. The Balaban J connectivity index is 1.96. The van der Waals surface area contributed by atoms with Gasteiger partial charge in [0, 0.05) is 29.8 Å². The highest BCUT2D eigenvalue weighted by Crippen LogP contribution is 2.35. The van der Waals surface area contributed by atoms with E-state index in [4.69, 9.17) is 0 Å². The Kier molecular flexibility index (Phi) is 7.02. The molecule has 154 valence electrons. The van der Waals surface area contributed by atoms with Gasteiger partial charge in [0.15, 0.2) is 5.78 Å². The van der Waals surface area contributed by atoms with Crippen molar-refractivity contribution in [1.29, 1.82) is 0 Å². The normalized spacial score (nSPS) is 14.7. The Morgan fingerprint density at radius 1 is 1.07 bits per heavy atom. The maximum Gasteiger partial charge on any atom is 0.293 e. The molecule has 3 rings (SSSR count). The Morgan fingerprint density at radius 3 is 2.38 bits per heavy atom. The average Bonchev–Trinajstić information content (AvgIpc) is 2.74. The van der Waals surface area contributed by atoms with Gasteiger partial charge in [0.2, 0.25) is 0 Å². The standard InChI is InChI=1S/C24H30N2O3/c1-18(2)15-16-25(21-11-7-4-8-12-21)22-14-13-20(17-23(22)26(28)29)24(27)19-9-5-3-6-10-19/h3,5-6,9-10,13-14,17-18,21H,4,7-8,11-12,15-16H2,1-2H3. The van der Waals surface area contributed by atoms with Crippen LogP contribution in [0.5, 0.6) is 0 Å². The van der Waals surface area contributed by atoms with Gasteiger partial charge in [-0.3, -0.25) is 14.9 Å². The van der Waals surface area contributed by atoms with Gasteiger partial charge >= 0.3 is 0 Å². The van der Waals surface area contributed by atoms with E-state index in [1.165, 1.54) is 25.3 Å². The van der Waals surface area contributed by atoms with Crippen molar-refractivity contribution in [2.24, 2.45) is 5.92 Å². The minimum absolute atomic E-state index is 0.0288. The molecule has 0 aliphatic heterocycles. The van der Waals surface area contributed by atoms with Crippen molar-refractivity contribution < 1.29 is 9.72 Å². The molecule has 1 aliphatic rings. The second-order valence-electron chi connectivity index (χ2n) is 8.32. The molecule has 0 atom stereocenters. The summed E-state index contributed by atoms with van der Waals surface area (Å²) in [6.45, 7) is 5.15. The number of hydrogen-bond acceptors (Lipinski definition) is 4. The summed E-state index contributed by atoms with van der Waals surface area (Å²) >= 11 is 0. The number of ketones is 1. The lowest BCUT2D eigenvalue weighted by Gasteiger charge is -2.36. The summed E-state index contributed by atoms with van der Waals surface area (Å²) in [6.07, 6.45) is 6.70. The van der Waals surface area contributed by atoms with Gasteiger partial charge < -0.3 is 4.90 Å². The summed E-state index contributed by atoms with van der Waals surface area (Å²) in [5.41, 5.74) is 1.57. The summed E-state index contributed by atoms with van der Waals surface area (Å²) in [4.78, 5) is 26.6. The fourth-order valence-corrected chi connectivity index (χ4v) is 4.10. The number of nitrogens with zero attached hydrogens (tertiary/aromatic N) is 2. The zero-order valence-corrected chi connectivity index (χ0v) is 17.3. The number of carbonyl (C=O) groups is 1. The van der Waals surface area contributed by atoms with E-state index in [9.17, 15) is 14.9 Å². The SMILES string of the molecule is CC(C)CCN(c1ccc(C(=O)c2ccccc2)cc1[N+](=O)[O-])C1CCCCC1. The summed E-state index contributed by atoms with van der Waals surface area (Å²) in [7, 11) is 0. The molecule has 0 saturated heterocycles. The second-order valence-corrected chi connectivity index (χ2v) is 8.32. The van der Waals surface area contributed by atoms with Gasteiger partial charge in [-0.1, -0.05) is 63.4 Å². The Hall–Kier alpha value is -2.69. The molecule has 0 aromatic heterocycles. The minimum atomic E-state index is -0.345. The highest BCUT2D eigenvalue weighted by molar-refractivity contribution is 6.09. The maximum absolute atomic E-state index is 12.8. The van der Waals surface area contributed by atoms with Gasteiger partial charge in [-0.2, -0.15) is 0 Å². The molecular weight excluding hydrogens is 364 g/mol. The van der Waals surface area contributed by atoms with Crippen LogP contribution in [-0.2, 0) is 0 Å². The van der Waals surface area contributed by atoms with Crippen molar-refractivity contribution in [2.45, 2.75) is 58.4 Å². The van der Waals surface area contributed by atoms with Gasteiger partial charge in [-0.25, -0.2) is 0 Å². The number of benzene rings is 2. The highest BCUT2D eigenvalue weighted by Gasteiger charge is 2.28. The van der Waals surface area contributed by atoms with Crippen molar-refractivity contribution in [1.82, 2.24) is 0 Å². The van der Waals surface area contributed by atoms with Gasteiger partial charge in [0.25, 0.3) is 5.69 Å². The van der Waals surface area contributed by atoms with Crippen molar-refractivity contribution in [3.8, 4) is 0 Å². The molecule has 5 nitrogen and oxygen atoms in total. The van der Waals surface area contributed by atoms with Gasteiger partial charge in [-0.05, 0) is 37.3 Å². The Bertz CT molecular complexity index is 842. The van der Waals surface area contributed by atoms with E-state index in [1.54, 1.807) is 36.4 Å². The molecule has 1 fully saturated rings. The highest BCUT2D eigenvalue weighted by atomic mass is 16.6. The zero-order valence-electron chi connectivity index (χ0n) is 17.3. The average molecular weight is 395 g/mol. The van der Waals surface area contributed by atoms with E-state index >= 15 is 0 Å². The van der Waals surface area contributed by atoms with Crippen LogP contribution in [0.15, 0.2) is 48.5 Å². The molecule has 0 unspecified atom stereocenters. The molecule has 0 amide bonds. The topological polar surface area (TPSA) is 63.5 Å². The van der Waals surface area contributed by atoms with Crippen LogP contribution in [0.3, 0.4) is 0 Å². The van der Waals surface area contributed by atoms with Crippen LogP contribution in [0.4, 0.5) is 11.4 Å². The van der Waals surface area contributed by atoms with Gasteiger partial charge in [0.05, 0.1) is 4.92 Å². The molecule has 1 saturated carbocycles. The molecule has 5 heteroatoms. The molecule has 2 aromatic carbocycles. The second kappa shape index (κ2) is 9.68. The van der Waals surface area contributed by atoms with E-state index in [-0.39, 0.29) is 16.4 Å². The first-order valence-corrected chi connectivity index (χ1v) is 10.6. The van der Waals surface area contributed by atoms with Crippen LogP contribution in [0, 0.1) is 16.0 Å². The van der Waals surface area contributed by atoms with Crippen molar-refractivity contribution in [2.75, 3.05) is 11.4 Å². The van der Waals surface area contributed by atoms with Crippen LogP contribution >= 0.6 is 0 Å². The molecule has 0 heterocycles. The third-order valence-corrected chi connectivity index (χ3v) is 5.74. The van der Waals surface area contributed by atoms with Crippen molar-refractivity contribution >= 4 is 17.2 Å². The fraction of sp³-hybridized carbons (Fsp3) is 0.458. The maximum atomic E-state index is 12.8. The summed E-state index contributed by atoms with van der Waals surface area (Å²) < 4.78 is 0. The largest absolute Gasteiger partial charge is 0.363 e. The third kappa shape index (κ3) is 5.22. The van der Waals surface area contributed by atoms with E-state index in [1.807, 2.05) is 6.07 Å². The first-order valence-electron chi connectivity index (χ1n) is 10.6. The number of anilines is 1. The van der Waals surface area contributed by atoms with E-state index in [0.717, 1.165) is 25.8 Å². The number of carbonyl (C=O) groups excluding carboxylic acids is 1. The van der Waals surface area contributed by atoms with Crippen LogP contribution in [0.2, 0.25) is 0 Å². The summed E-state index contributed by atoms with van der Waals surface area (Å²) in [5.74, 6) is 0.339. The first-order chi connectivity index (χ1) is 14.0. The van der Waals surface area contributed by atoms with E-state index in [0.29, 0.717) is 28.8 Å². The lowest BCUT2D eigenvalue weighted by molar-refractivity contribution is -0.384. The van der Waals surface area contributed by atoms with Crippen molar-refractivity contribution in [3.63, 3.8) is 0 Å². The predicted octanol–water partition coefficient (Wildman–Crippen LogP) is 6.01. The Labute approximate surface area is 172 Å². The molecule has 0 bridgehead atoms. The van der Waals surface area contributed by atoms with Gasteiger partial charge in [0.1, 0.15) is 5.69 Å². The molecular formula is C24H30N2O3. The van der Waals surface area contributed by atoms with E-state index in [2.05, 4.69) is 18.7 Å². The predicted molar refractivity (Wildman–Crippen MR) is 117 cm³/mol. The number of nitro groups is 1. The fourth-order valence-electron chi connectivity index (χ4n) is 4.10. The zero-order chi connectivity index (χ0) is 20.8. The molecule has 1 aliphatic carbocycles. The number of rotatable bonds is 8. The minimum Gasteiger partial charge on any atom is -0.363 e. The lowest BCUT2D eigenvalue weighted by atomic mass is 9.92. The molecule has 2 aromatic rings.